The van der Waals surface area contributed by atoms with E-state index in [4.69, 9.17) is 4.74 Å². The highest BCUT2D eigenvalue weighted by molar-refractivity contribution is 7.15. The van der Waals surface area contributed by atoms with Crippen LogP contribution in [0.1, 0.15) is 11.8 Å². The molecule has 0 saturated heterocycles. The third-order valence-corrected chi connectivity index (χ3v) is 3.73. The highest BCUT2D eigenvalue weighted by Gasteiger charge is 2.06. The molecule has 19 heavy (non-hydrogen) atoms. The first-order valence-electron chi connectivity index (χ1n) is 6.26. The smallest absolute Gasteiger partial charge is 0.182 e. The maximum atomic E-state index is 5.16. The molecule has 0 fully saturated rings. The van der Waals surface area contributed by atoms with Gasteiger partial charge in [0.1, 0.15) is 5.75 Å². The Kier molecular flexibility index (Phi) is 4.63. The molecule has 0 spiro atoms. The van der Waals surface area contributed by atoms with E-state index in [2.05, 4.69) is 41.3 Å². The van der Waals surface area contributed by atoms with E-state index in [9.17, 15) is 0 Å². The average molecular weight is 277 g/mol. The standard InChI is InChI=1S/C14H19N3OS/c1-4-15-14-16-9-13(19-14)10-17(2)11-5-7-12(18-3)8-6-11/h5-9H,4,10H2,1-3H3,(H,15,16). The number of benzene rings is 1. The van der Waals surface area contributed by atoms with Crippen LogP contribution in [0.4, 0.5) is 10.8 Å². The van der Waals surface area contributed by atoms with E-state index in [0.29, 0.717) is 0 Å². The van der Waals surface area contributed by atoms with Gasteiger partial charge in [0.15, 0.2) is 5.13 Å². The van der Waals surface area contributed by atoms with Gasteiger partial charge in [-0.1, -0.05) is 0 Å². The van der Waals surface area contributed by atoms with Gasteiger partial charge in [0.2, 0.25) is 0 Å². The van der Waals surface area contributed by atoms with Gasteiger partial charge in [0.05, 0.1) is 13.7 Å². The van der Waals surface area contributed by atoms with Crippen molar-refractivity contribution in [1.82, 2.24) is 4.98 Å². The third kappa shape index (κ3) is 3.61. The Balaban J connectivity index is 2.00. The van der Waals surface area contributed by atoms with Crippen LogP contribution >= 0.6 is 11.3 Å². The lowest BCUT2D eigenvalue weighted by Crippen LogP contribution is -2.15. The minimum absolute atomic E-state index is 0.857. The summed E-state index contributed by atoms with van der Waals surface area (Å²) in [5, 5.41) is 4.22. The van der Waals surface area contributed by atoms with Crippen molar-refractivity contribution in [2.45, 2.75) is 13.5 Å². The quantitative estimate of drug-likeness (QED) is 0.879. The lowest BCUT2D eigenvalue weighted by atomic mass is 10.3. The van der Waals surface area contributed by atoms with Crippen molar-refractivity contribution in [3.05, 3.63) is 35.3 Å². The fourth-order valence-corrected chi connectivity index (χ4v) is 2.71. The predicted molar refractivity (Wildman–Crippen MR) is 81.4 cm³/mol. The second kappa shape index (κ2) is 6.43. The molecule has 2 rings (SSSR count). The van der Waals surface area contributed by atoms with Crippen molar-refractivity contribution in [1.29, 1.82) is 0 Å². The van der Waals surface area contributed by atoms with Gasteiger partial charge in [0, 0.05) is 30.4 Å². The SMILES string of the molecule is CCNc1ncc(CN(C)c2ccc(OC)cc2)s1. The molecule has 2 aromatic rings. The molecule has 0 saturated carbocycles. The molecule has 0 unspecified atom stereocenters. The first kappa shape index (κ1) is 13.7. The molecule has 1 N–H and O–H groups in total. The molecule has 0 aliphatic rings. The zero-order valence-corrected chi connectivity index (χ0v) is 12.3. The number of nitrogens with zero attached hydrogens (tertiary/aromatic N) is 2. The van der Waals surface area contributed by atoms with Gasteiger partial charge in [-0.15, -0.1) is 11.3 Å². The average Bonchev–Trinajstić information content (AvgIpc) is 2.86. The number of methoxy groups -OCH3 is 1. The Labute approximate surface area is 118 Å². The molecule has 5 heteroatoms. The minimum atomic E-state index is 0.857. The maximum Gasteiger partial charge on any atom is 0.182 e. The lowest BCUT2D eigenvalue weighted by molar-refractivity contribution is 0.415. The fourth-order valence-electron chi connectivity index (χ4n) is 1.78. The first-order valence-corrected chi connectivity index (χ1v) is 7.08. The van der Waals surface area contributed by atoms with Gasteiger partial charge in [-0.25, -0.2) is 4.98 Å². The summed E-state index contributed by atoms with van der Waals surface area (Å²) >= 11 is 1.70. The summed E-state index contributed by atoms with van der Waals surface area (Å²) in [7, 11) is 3.76. The van der Waals surface area contributed by atoms with Crippen molar-refractivity contribution in [3.63, 3.8) is 0 Å². The summed E-state index contributed by atoms with van der Waals surface area (Å²) in [6.45, 7) is 3.83. The number of thiazole rings is 1. The molecule has 4 nitrogen and oxygen atoms in total. The van der Waals surface area contributed by atoms with Gasteiger partial charge in [-0.2, -0.15) is 0 Å². The van der Waals surface area contributed by atoms with Crippen LogP contribution in [-0.4, -0.2) is 25.7 Å². The topological polar surface area (TPSA) is 37.4 Å². The van der Waals surface area contributed by atoms with E-state index in [1.165, 1.54) is 10.6 Å². The fraction of sp³-hybridized carbons (Fsp3) is 0.357. The van der Waals surface area contributed by atoms with Crippen LogP contribution in [-0.2, 0) is 6.54 Å². The molecular formula is C14H19N3OS. The van der Waals surface area contributed by atoms with E-state index < -0.39 is 0 Å². The number of ether oxygens (including phenoxy) is 1. The monoisotopic (exact) mass is 277 g/mol. The Hall–Kier alpha value is -1.75. The van der Waals surface area contributed by atoms with Crippen molar-refractivity contribution < 1.29 is 4.74 Å². The maximum absolute atomic E-state index is 5.16. The van der Waals surface area contributed by atoms with E-state index in [0.717, 1.165) is 24.0 Å². The van der Waals surface area contributed by atoms with Crippen LogP contribution in [0, 0.1) is 0 Å². The normalized spacial score (nSPS) is 10.3. The summed E-state index contributed by atoms with van der Waals surface area (Å²) in [6.07, 6.45) is 1.93. The van der Waals surface area contributed by atoms with Crippen LogP contribution in [0.5, 0.6) is 5.75 Å². The van der Waals surface area contributed by atoms with E-state index in [1.54, 1.807) is 18.4 Å². The molecule has 1 aromatic heterocycles. The van der Waals surface area contributed by atoms with Crippen LogP contribution in [0.2, 0.25) is 0 Å². The largest absolute Gasteiger partial charge is 0.497 e. The van der Waals surface area contributed by atoms with E-state index >= 15 is 0 Å². The highest BCUT2D eigenvalue weighted by atomic mass is 32.1. The second-order valence-electron chi connectivity index (χ2n) is 4.22. The van der Waals surface area contributed by atoms with E-state index in [1.807, 2.05) is 18.3 Å². The zero-order valence-electron chi connectivity index (χ0n) is 11.5. The van der Waals surface area contributed by atoms with Crippen molar-refractivity contribution in [2.75, 3.05) is 30.9 Å². The molecule has 102 valence electrons. The van der Waals surface area contributed by atoms with Gasteiger partial charge >= 0.3 is 0 Å². The molecule has 0 atom stereocenters. The van der Waals surface area contributed by atoms with Gasteiger partial charge in [0.25, 0.3) is 0 Å². The van der Waals surface area contributed by atoms with E-state index in [-0.39, 0.29) is 0 Å². The van der Waals surface area contributed by atoms with Gasteiger partial charge in [-0.3, -0.25) is 0 Å². The third-order valence-electron chi connectivity index (χ3n) is 2.79. The summed E-state index contributed by atoms with van der Waals surface area (Å²) < 4.78 is 5.16. The van der Waals surface area contributed by atoms with Crippen LogP contribution in [0.15, 0.2) is 30.5 Å². The molecular weight excluding hydrogens is 258 g/mol. The van der Waals surface area contributed by atoms with Crippen molar-refractivity contribution >= 4 is 22.2 Å². The number of hydrogen-bond donors (Lipinski definition) is 1. The molecule has 1 aromatic carbocycles. The summed E-state index contributed by atoms with van der Waals surface area (Å²) in [4.78, 5) is 7.78. The van der Waals surface area contributed by atoms with Crippen molar-refractivity contribution in [2.24, 2.45) is 0 Å². The molecule has 0 amide bonds. The summed E-state index contributed by atoms with van der Waals surface area (Å²) in [5.74, 6) is 0.879. The van der Waals surface area contributed by atoms with Crippen LogP contribution in [0.3, 0.4) is 0 Å². The van der Waals surface area contributed by atoms with Gasteiger partial charge in [-0.05, 0) is 31.2 Å². The summed E-state index contributed by atoms with van der Waals surface area (Å²) in [6, 6.07) is 8.07. The lowest BCUT2D eigenvalue weighted by Gasteiger charge is -2.18. The van der Waals surface area contributed by atoms with Gasteiger partial charge < -0.3 is 15.0 Å². The van der Waals surface area contributed by atoms with Crippen LogP contribution < -0.4 is 15.0 Å². The molecule has 0 aliphatic carbocycles. The Morgan fingerprint density at radius 2 is 2.05 bits per heavy atom. The number of aromatic nitrogens is 1. The number of hydrogen-bond acceptors (Lipinski definition) is 5. The molecule has 0 radical (unpaired) electrons. The Morgan fingerprint density at radius 1 is 1.32 bits per heavy atom. The van der Waals surface area contributed by atoms with Crippen LogP contribution in [0.25, 0.3) is 0 Å². The first-order chi connectivity index (χ1) is 9.22. The highest BCUT2D eigenvalue weighted by Crippen LogP contribution is 2.23. The number of rotatable bonds is 6. The Bertz CT molecular complexity index is 510. The second-order valence-corrected chi connectivity index (χ2v) is 5.33. The minimum Gasteiger partial charge on any atom is -0.497 e. The molecule has 1 heterocycles. The zero-order chi connectivity index (χ0) is 13.7. The summed E-state index contributed by atoms with van der Waals surface area (Å²) in [5.41, 5.74) is 1.17. The predicted octanol–water partition coefficient (Wildman–Crippen LogP) is 3.22. The number of anilines is 2. The molecule has 0 aliphatic heterocycles. The molecule has 0 bridgehead atoms. The van der Waals surface area contributed by atoms with Crippen molar-refractivity contribution in [3.8, 4) is 5.75 Å². The Morgan fingerprint density at radius 3 is 2.68 bits per heavy atom. The number of nitrogens with one attached hydrogen (secondary N) is 1.